The standard InChI is InChI=1S/C19H21N5O2/c1-11(2)24-17-14(10-21-24)9-16(12(3)22-17)19(26)23-15-7-5-6-13(8-15)18(25)20-4/h5-11H,1-4H3,(H,20,25)(H,23,26). The van der Waals surface area contributed by atoms with E-state index >= 15 is 0 Å². The van der Waals surface area contributed by atoms with Gasteiger partial charge in [0, 0.05) is 29.7 Å². The number of hydrogen-bond acceptors (Lipinski definition) is 4. The lowest BCUT2D eigenvalue weighted by Crippen LogP contribution is -2.19. The van der Waals surface area contributed by atoms with E-state index in [1.54, 1.807) is 50.5 Å². The molecule has 134 valence electrons. The van der Waals surface area contributed by atoms with Gasteiger partial charge in [-0.1, -0.05) is 6.07 Å². The highest BCUT2D eigenvalue weighted by molar-refractivity contribution is 6.07. The van der Waals surface area contributed by atoms with Crippen molar-refractivity contribution < 1.29 is 9.59 Å². The Labute approximate surface area is 151 Å². The van der Waals surface area contributed by atoms with Crippen LogP contribution in [0.2, 0.25) is 0 Å². The van der Waals surface area contributed by atoms with Crippen LogP contribution in [0.1, 0.15) is 46.3 Å². The zero-order chi connectivity index (χ0) is 18.8. The molecule has 0 fully saturated rings. The summed E-state index contributed by atoms with van der Waals surface area (Å²) in [7, 11) is 1.56. The molecule has 0 saturated carbocycles. The van der Waals surface area contributed by atoms with E-state index in [0.29, 0.717) is 22.5 Å². The first-order valence-corrected chi connectivity index (χ1v) is 8.39. The van der Waals surface area contributed by atoms with Crippen molar-refractivity contribution in [1.82, 2.24) is 20.1 Å². The van der Waals surface area contributed by atoms with Crippen LogP contribution in [0.3, 0.4) is 0 Å². The number of hydrogen-bond donors (Lipinski definition) is 2. The number of carbonyl (C=O) groups excluding carboxylic acids is 2. The molecule has 0 saturated heterocycles. The maximum atomic E-state index is 12.7. The summed E-state index contributed by atoms with van der Waals surface area (Å²) in [4.78, 5) is 29.0. The van der Waals surface area contributed by atoms with Crippen molar-refractivity contribution >= 4 is 28.5 Å². The smallest absolute Gasteiger partial charge is 0.257 e. The van der Waals surface area contributed by atoms with Crippen LogP contribution in [0.4, 0.5) is 5.69 Å². The molecule has 2 heterocycles. The quantitative estimate of drug-likeness (QED) is 0.756. The van der Waals surface area contributed by atoms with Gasteiger partial charge >= 0.3 is 0 Å². The molecular formula is C19H21N5O2. The molecule has 7 heteroatoms. The molecule has 0 bridgehead atoms. The Morgan fingerprint density at radius 3 is 2.62 bits per heavy atom. The number of nitrogens with zero attached hydrogens (tertiary/aromatic N) is 3. The van der Waals surface area contributed by atoms with Gasteiger partial charge in [-0.15, -0.1) is 0 Å². The second kappa shape index (κ2) is 6.95. The average Bonchev–Trinajstić information content (AvgIpc) is 3.03. The second-order valence-corrected chi connectivity index (χ2v) is 6.33. The minimum absolute atomic E-state index is 0.187. The van der Waals surface area contributed by atoms with Gasteiger partial charge in [-0.25, -0.2) is 9.67 Å². The van der Waals surface area contributed by atoms with Crippen molar-refractivity contribution in [2.24, 2.45) is 0 Å². The third-order valence-electron chi connectivity index (χ3n) is 4.10. The van der Waals surface area contributed by atoms with Crippen LogP contribution in [-0.4, -0.2) is 33.6 Å². The lowest BCUT2D eigenvalue weighted by molar-refractivity contribution is 0.0961. The van der Waals surface area contributed by atoms with Gasteiger partial charge < -0.3 is 10.6 Å². The van der Waals surface area contributed by atoms with Crippen molar-refractivity contribution in [3.05, 3.63) is 53.3 Å². The zero-order valence-corrected chi connectivity index (χ0v) is 15.2. The molecule has 2 N–H and O–H groups in total. The monoisotopic (exact) mass is 351 g/mol. The van der Waals surface area contributed by atoms with Crippen LogP contribution in [0.15, 0.2) is 36.5 Å². The highest BCUT2D eigenvalue weighted by Crippen LogP contribution is 2.20. The van der Waals surface area contributed by atoms with Gasteiger partial charge in [-0.2, -0.15) is 5.10 Å². The van der Waals surface area contributed by atoms with Crippen molar-refractivity contribution in [1.29, 1.82) is 0 Å². The molecular weight excluding hydrogens is 330 g/mol. The van der Waals surface area contributed by atoms with Gasteiger partial charge in [0.15, 0.2) is 5.65 Å². The molecule has 1 aromatic carbocycles. The molecule has 0 aliphatic rings. The normalized spacial score (nSPS) is 11.0. The number of carbonyl (C=O) groups is 2. The van der Waals surface area contributed by atoms with Gasteiger partial charge in [0.25, 0.3) is 11.8 Å². The maximum absolute atomic E-state index is 12.7. The van der Waals surface area contributed by atoms with Crippen LogP contribution in [0.25, 0.3) is 11.0 Å². The van der Waals surface area contributed by atoms with E-state index in [0.717, 1.165) is 11.0 Å². The Bertz CT molecular complexity index is 991. The number of anilines is 1. The van der Waals surface area contributed by atoms with Crippen LogP contribution in [0.5, 0.6) is 0 Å². The zero-order valence-electron chi connectivity index (χ0n) is 15.2. The molecule has 3 aromatic rings. The van der Waals surface area contributed by atoms with E-state index in [1.165, 1.54) is 0 Å². The molecule has 0 radical (unpaired) electrons. The average molecular weight is 351 g/mol. The minimum atomic E-state index is -0.275. The van der Waals surface area contributed by atoms with E-state index in [2.05, 4.69) is 20.7 Å². The summed E-state index contributed by atoms with van der Waals surface area (Å²) in [5.74, 6) is -0.482. The molecule has 2 aromatic heterocycles. The summed E-state index contributed by atoms with van der Waals surface area (Å²) < 4.78 is 1.83. The predicted octanol–water partition coefficient (Wildman–Crippen LogP) is 2.93. The Kier molecular flexibility index (Phi) is 4.71. The van der Waals surface area contributed by atoms with Gasteiger partial charge in [-0.3, -0.25) is 9.59 Å². The first-order valence-electron chi connectivity index (χ1n) is 8.39. The first kappa shape index (κ1) is 17.6. The number of aryl methyl sites for hydroxylation is 1. The predicted molar refractivity (Wildman–Crippen MR) is 100 cm³/mol. The number of benzene rings is 1. The lowest BCUT2D eigenvalue weighted by atomic mass is 10.1. The van der Waals surface area contributed by atoms with E-state index in [9.17, 15) is 9.59 Å². The molecule has 0 unspecified atom stereocenters. The number of nitrogens with one attached hydrogen (secondary N) is 2. The summed E-state index contributed by atoms with van der Waals surface area (Å²) in [6, 6.07) is 8.76. The molecule has 0 atom stereocenters. The van der Waals surface area contributed by atoms with E-state index in [4.69, 9.17) is 0 Å². The second-order valence-electron chi connectivity index (χ2n) is 6.33. The topological polar surface area (TPSA) is 88.9 Å². The third kappa shape index (κ3) is 3.28. The van der Waals surface area contributed by atoms with E-state index in [1.807, 2.05) is 18.5 Å². The van der Waals surface area contributed by atoms with Crippen molar-refractivity contribution in [2.45, 2.75) is 26.8 Å². The summed E-state index contributed by atoms with van der Waals surface area (Å²) >= 11 is 0. The SMILES string of the molecule is CNC(=O)c1cccc(NC(=O)c2cc3cnn(C(C)C)c3nc2C)c1. The number of fused-ring (bicyclic) bond motifs is 1. The van der Waals surface area contributed by atoms with Crippen molar-refractivity contribution in [3.8, 4) is 0 Å². The Morgan fingerprint density at radius 1 is 1.15 bits per heavy atom. The Hall–Kier alpha value is -3.22. The number of pyridine rings is 1. The van der Waals surface area contributed by atoms with E-state index in [-0.39, 0.29) is 17.9 Å². The first-order chi connectivity index (χ1) is 12.4. The highest BCUT2D eigenvalue weighted by atomic mass is 16.2. The fourth-order valence-corrected chi connectivity index (χ4v) is 2.75. The largest absolute Gasteiger partial charge is 0.355 e. The third-order valence-corrected chi connectivity index (χ3v) is 4.10. The van der Waals surface area contributed by atoms with Gasteiger partial charge in [0.2, 0.25) is 0 Å². The molecule has 7 nitrogen and oxygen atoms in total. The van der Waals surface area contributed by atoms with Crippen LogP contribution >= 0.6 is 0 Å². The van der Waals surface area contributed by atoms with Gasteiger partial charge in [0.1, 0.15) is 0 Å². The molecule has 2 amide bonds. The number of amides is 2. The summed E-state index contributed by atoms with van der Waals surface area (Å²) in [6.07, 6.45) is 1.71. The molecule has 3 rings (SSSR count). The van der Waals surface area contributed by atoms with Crippen LogP contribution in [-0.2, 0) is 0 Å². The minimum Gasteiger partial charge on any atom is -0.355 e. The maximum Gasteiger partial charge on any atom is 0.257 e. The number of rotatable bonds is 4. The lowest BCUT2D eigenvalue weighted by Gasteiger charge is -2.10. The van der Waals surface area contributed by atoms with Crippen LogP contribution in [0, 0.1) is 6.92 Å². The molecule has 0 aliphatic carbocycles. The van der Waals surface area contributed by atoms with Gasteiger partial charge in [0.05, 0.1) is 17.5 Å². The van der Waals surface area contributed by atoms with E-state index < -0.39 is 0 Å². The van der Waals surface area contributed by atoms with Crippen molar-refractivity contribution in [2.75, 3.05) is 12.4 Å². The Balaban J connectivity index is 1.91. The molecule has 0 aliphatic heterocycles. The van der Waals surface area contributed by atoms with Crippen molar-refractivity contribution in [3.63, 3.8) is 0 Å². The highest BCUT2D eigenvalue weighted by Gasteiger charge is 2.16. The number of aromatic nitrogens is 3. The van der Waals surface area contributed by atoms with Gasteiger partial charge in [-0.05, 0) is 45.0 Å². The van der Waals surface area contributed by atoms with Crippen LogP contribution < -0.4 is 10.6 Å². The fourth-order valence-electron chi connectivity index (χ4n) is 2.75. The fraction of sp³-hybridized carbons (Fsp3) is 0.263. The summed E-state index contributed by atoms with van der Waals surface area (Å²) in [6.45, 7) is 5.86. The Morgan fingerprint density at radius 2 is 1.92 bits per heavy atom. The molecule has 0 spiro atoms. The summed E-state index contributed by atoms with van der Waals surface area (Å²) in [5.41, 5.74) is 2.89. The molecule has 26 heavy (non-hydrogen) atoms. The summed E-state index contributed by atoms with van der Waals surface area (Å²) in [5, 5.41) is 10.5.